The number of hydrogen-bond donors (Lipinski definition) is 3. The lowest BCUT2D eigenvalue weighted by molar-refractivity contribution is -0.157. The summed E-state index contributed by atoms with van der Waals surface area (Å²) in [4.78, 5) is 25.7. The summed E-state index contributed by atoms with van der Waals surface area (Å²) in [6, 6.07) is 2.10. The van der Waals surface area contributed by atoms with Crippen LogP contribution in [-0.4, -0.2) is 71.2 Å². The fourth-order valence-corrected chi connectivity index (χ4v) is 6.90. The van der Waals surface area contributed by atoms with Crippen molar-refractivity contribution >= 4 is 49.2 Å². The van der Waals surface area contributed by atoms with Gasteiger partial charge in [-0.2, -0.15) is 0 Å². The highest BCUT2D eigenvalue weighted by Gasteiger charge is 2.39. The van der Waals surface area contributed by atoms with Crippen molar-refractivity contribution in [1.82, 2.24) is 4.31 Å². The number of sulfonamides is 1. The predicted molar refractivity (Wildman–Crippen MR) is 164 cm³/mol. The maximum Gasteiger partial charge on any atom is 0.312 e. The molecule has 0 aliphatic heterocycles. The van der Waals surface area contributed by atoms with E-state index in [9.17, 15) is 33.3 Å². The lowest BCUT2D eigenvalue weighted by Crippen LogP contribution is -2.39. The van der Waals surface area contributed by atoms with E-state index >= 15 is 0 Å². The zero-order valence-corrected chi connectivity index (χ0v) is 27.7. The van der Waals surface area contributed by atoms with E-state index in [1.165, 1.54) is 10.4 Å². The van der Waals surface area contributed by atoms with Crippen LogP contribution in [0.15, 0.2) is 34.2 Å². The summed E-state index contributed by atoms with van der Waals surface area (Å²) < 4.78 is 30.8. The van der Waals surface area contributed by atoms with Crippen molar-refractivity contribution in [3.63, 3.8) is 0 Å². The average molecular weight is 679 g/mol. The second kappa shape index (κ2) is 15.8. The number of unbranched alkanes of at least 4 members (excludes halogenated alkanes) is 1. The first-order valence-electron chi connectivity index (χ1n) is 13.8. The first kappa shape index (κ1) is 35.6. The maximum absolute atomic E-state index is 12.5. The third-order valence-electron chi connectivity index (χ3n) is 7.01. The van der Waals surface area contributed by atoms with Gasteiger partial charge in [-0.1, -0.05) is 24.3 Å². The molecule has 0 unspecified atom stereocenters. The second-order valence-corrected chi connectivity index (χ2v) is 16.0. The molecule has 1 amide bonds. The smallest absolute Gasteiger partial charge is 0.312 e. The number of carbonyl (C=O) groups excluding carboxylic acids is 2. The summed E-state index contributed by atoms with van der Waals surface area (Å²) in [7, 11) is -3.90. The number of aryl methyl sites for hydroxylation is 2. The minimum Gasteiger partial charge on any atom is -0.443 e. The van der Waals surface area contributed by atoms with E-state index in [0.717, 1.165) is 16.5 Å². The second-order valence-electron chi connectivity index (χ2n) is 11.7. The highest BCUT2D eigenvalue weighted by atomic mass is 79.9. The molecule has 0 aromatic carbocycles. The van der Waals surface area contributed by atoms with Crippen LogP contribution >= 0.6 is 27.3 Å². The van der Waals surface area contributed by atoms with Crippen LogP contribution in [0.25, 0.3) is 0 Å². The van der Waals surface area contributed by atoms with Crippen molar-refractivity contribution in [3.8, 4) is 0 Å². The number of thiophene rings is 1. The van der Waals surface area contributed by atoms with Gasteiger partial charge in [0.25, 0.3) is 0 Å². The number of ether oxygens (including phenoxy) is 1. The number of carbonyl (C=O) groups is 2. The molecule has 41 heavy (non-hydrogen) atoms. The Morgan fingerprint density at radius 2 is 1.93 bits per heavy atom. The van der Waals surface area contributed by atoms with Gasteiger partial charge in [0.2, 0.25) is 15.9 Å². The highest BCUT2D eigenvalue weighted by molar-refractivity contribution is 9.11. The molecule has 0 saturated heterocycles. The summed E-state index contributed by atoms with van der Waals surface area (Å²) in [5.74, 6) is -1.75. The van der Waals surface area contributed by atoms with Gasteiger partial charge in [0.1, 0.15) is 0 Å². The van der Waals surface area contributed by atoms with Gasteiger partial charge in [-0.15, -0.1) is 11.3 Å². The van der Waals surface area contributed by atoms with Crippen molar-refractivity contribution in [2.24, 2.45) is 17.3 Å². The molecule has 3 N–H and O–H groups in total. The fraction of sp³-hybridized carbons (Fsp3) is 0.655. The molecule has 2 rings (SSSR count). The molecule has 0 bridgehead atoms. The van der Waals surface area contributed by atoms with Gasteiger partial charge in [0, 0.05) is 23.6 Å². The van der Waals surface area contributed by atoms with Gasteiger partial charge in [0.05, 0.1) is 33.8 Å². The van der Waals surface area contributed by atoms with Crippen molar-refractivity contribution in [2.45, 2.75) is 91.0 Å². The molecule has 232 valence electrons. The molecule has 1 saturated carbocycles. The Balaban J connectivity index is 1.83. The summed E-state index contributed by atoms with van der Waals surface area (Å²) >= 11 is 5.18. The molecule has 1 heterocycles. The first-order chi connectivity index (χ1) is 19.0. The molecular formula is C29H44BrNO8S2. The topological polar surface area (TPSA) is 141 Å². The van der Waals surface area contributed by atoms with Crippen LogP contribution in [0.1, 0.15) is 69.7 Å². The summed E-state index contributed by atoms with van der Waals surface area (Å²) in [6.45, 7) is 6.28. The van der Waals surface area contributed by atoms with Crippen molar-refractivity contribution < 1.29 is 38.1 Å². The Labute approximate surface area is 256 Å². The van der Waals surface area contributed by atoms with E-state index in [1.54, 1.807) is 38.2 Å². The van der Waals surface area contributed by atoms with E-state index in [2.05, 4.69) is 22.0 Å². The zero-order valence-electron chi connectivity index (χ0n) is 24.5. The van der Waals surface area contributed by atoms with Gasteiger partial charge in [-0.3, -0.25) is 9.59 Å². The largest absolute Gasteiger partial charge is 0.443 e. The van der Waals surface area contributed by atoms with Crippen LogP contribution in [0, 0.1) is 24.2 Å². The quantitative estimate of drug-likeness (QED) is 0.113. The zero-order chi connectivity index (χ0) is 31.0. The van der Waals surface area contributed by atoms with Gasteiger partial charge >= 0.3 is 5.97 Å². The monoisotopic (exact) mass is 677 g/mol. The van der Waals surface area contributed by atoms with Gasteiger partial charge in [-0.25, -0.2) is 12.7 Å². The van der Waals surface area contributed by atoms with E-state index < -0.39 is 52.4 Å². The SMILES string of the molecule is Cc1cc(CC[C@@H](O)/C=C/[C@H]2[C@H](C/C=C\CCCC(=O)N(COC(=O)C(C)(C)C)S(C)(=O)=O)[C@H](O)C[C@@H]2O)sc1Br. The van der Waals surface area contributed by atoms with E-state index in [-0.39, 0.29) is 24.7 Å². The van der Waals surface area contributed by atoms with Gasteiger partial charge < -0.3 is 20.1 Å². The normalized spacial score (nSPS) is 22.5. The summed E-state index contributed by atoms with van der Waals surface area (Å²) in [5, 5.41) is 31.4. The number of esters is 1. The molecular weight excluding hydrogens is 634 g/mol. The van der Waals surface area contributed by atoms with E-state index in [0.29, 0.717) is 30.0 Å². The van der Waals surface area contributed by atoms with Gasteiger partial charge in [-0.05, 0) is 93.3 Å². The first-order valence-corrected chi connectivity index (χ1v) is 17.3. The minimum absolute atomic E-state index is 0.0412. The van der Waals surface area contributed by atoms with E-state index in [1.807, 2.05) is 25.2 Å². The Bertz CT molecular complexity index is 1170. The maximum atomic E-state index is 12.5. The molecule has 5 atom stereocenters. The minimum atomic E-state index is -3.90. The number of amides is 1. The third kappa shape index (κ3) is 11.6. The van der Waals surface area contributed by atoms with Gasteiger partial charge in [0.15, 0.2) is 6.73 Å². The molecule has 1 fully saturated rings. The Hall–Kier alpha value is -1.57. The third-order valence-corrected chi connectivity index (χ3v) is 10.3. The Morgan fingerprint density at radius 1 is 1.24 bits per heavy atom. The highest BCUT2D eigenvalue weighted by Crippen LogP contribution is 2.36. The molecule has 0 radical (unpaired) electrons. The molecule has 1 aromatic rings. The van der Waals surface area contributed by atoms with Crippen molar-refractivity contribution in [2.75, 3.05) is 13.0 Å². The van der Waals surface area contributed by atoms with Crippen LogP contribution < -0.4 is 0 Å². The fourth-order valence-electron chi connectivity index (χ4n) is 4.55. The van der Waals surface area contributed by atoms with Crippen LogP contribution in [0.4, 0.5) is 0 Å². The number of allylic oxidation sites excluding steroid dienone is 2. The van der Waals surface area contributed by atoms with Crippen LogP contribution in [0.3, 0.4) is 0 Å². The summed E-state index contributed by atoms with van der Waals surface area (Å²) in [6.07, 6.45) is 9.09. The Kier molecular flexibility index (Phi) is 13.7. The number of halogens is 1. The Morgan fingerprint density at radius 3 is 2.51 bits per heavy atom. The van der Waals surface area contributed by atoms with Crippen LogP contribution in [-0.2, 0) is 30.8 Å². The number of rotatable bonds is 14. The van der Waals surface area contributed by atoms with E-state index in [4.69, 9.17) is 4.74 Å². The number of aliphatic hydroxyl groups excluding tert-OH is 3. The standard InChI is InChI=1S/C29H44BrNO8S2/c1-19-16-21(40-27(19)30)14-12-20(32)13-15-23-22(24(33)17-25(23)34)10-8-6-7-9-11-26(35)31(41(5,37)38)18-39-28(36)29(2,3)4/h6,8,13,15-16,20,22-25,32-34H,7,9-12,14,17-18H2,1-5H3/b8-6-,15-13+/t20-,22+,23+,24-,25+/m1/s1. The lowest BCUT2D eigenvalue weighted by atomic mass is 9.89. The number of nitrogens with zero attached hydrogens (tertiary/aromatic N) is 1. The van der Waals surface area contributed by atoms with Crippen molar-refractivity contribution in [3.05, 3.63) is 44.6 Å². The lowest BCUT2D eigenvalue weighted by Gasteiger charge is -2.23. The average Bonchev–Trinajstić information content (AvgIpc) is 3.32. The summed E-state index contributed by atoms with van der Waals surface area (Å²) in [5.41, 5.74) is 0.353. The molecule has 12 heteroatoms. The molecule has 1 aliphatic rings. The van der Waals surface area contributed by atoms with Crippen molar-refractivity contribution in [1.29, 1.82) is 0 Å². The van der Waals surface area contributed by atoms with Crippen LogP contribution in [0.2, 0.25) is 0 Å². The molecule has 0 spiro atoms. The number of aliphatic hydroxyl groups is 3. The van der Waals surface area contributed by atoms with Crippen LogP contribution in [0.5, 0.6) is 0 Å². The molecule has 1 aliphatic carbocycles. The number of hydrogen-bond acceptors (Lipinski definition) is 9. The predicted octanol–water partition coefficient (Wildman–Crippen LogP) is 4.48. The molecule has 1 aromatic heterocycles. The molecule has 9 nitrogen and oxygen atoms in total.